The average molecular weight is 555 g/mol. The first kappa shape index (κ1) is 29.4. The molecule has 0 saturated carbocycles. The normalized spacial score (nSPS) is 29.8. The van der Waals surface area contributed by atoms with E-state index < -0.39 is 33.4 Å². The molecule has 7 nitrogen and oxygen atoms in total. The number of aliphatic hydroxyl groups is 1. The second-order valence-corrected chi connectivity index (χ2v) is 13.6. The van der Waals surface area contributed by atoms with Crippen molar-refractivity contribution in [3.8, 4) is 0 Å². The minimum Gasteiger partial charge on any atom is -0.465 e. The van der Waals surface area contributed by atoms with E-state index in [1.54, 1.807) is 33.7 Å². The SMILES string of the molecule is C=CCCOC(=O)[C@@H]1[C@H]2C(=O)N([C@@H](CO)CC(C)C)C(C(=O)N(CC=C)Cc3ccccc3)C23CC[C@@]1(C)S3. The molecule has 6 atom stereocenters. The first-order chi connectivity index (χ1) is 18.6. The lowest BCUT2D eigenvalue weighted by molar-refractivity contribution is -0.156. The summed E-state index contributed by atoms with van der Waals surface area (Å²) in [5, 5.41) is 10.5. The molecule has 212 valence electrons. The van der Waals surface area contributed by atoms with Crippen molar-refractivity contribution in [2.75, 3.05) is 19.8 Å². The van der Waals surface area contributed by atoms with E-state index in [1.165, 1.54) is 0 Å². The van der Waals surface area contributed by atoms with Gasteiger partial charge in [0.2, 0.25) is 11.8 Å². The van der Waals surface area contributed by atoms with Crippen molar-refractivity contribution in [2.24, 2.45) is 17.8 Å². The largest absolute Gasteiger partial charge is 0.465 e. The highest BCUT2D eigenvalue weighted by atomic mass is 32.2. The first-order valence-corrected chi connectivity index (χ1v) is 14.8. The second kappa shape index (κ2) is 11.9. The highest BCUT2D eigenvalue weighted by molar-refractivity contribution is 8.02. The molecule has 2 bridgehead atoms. The maximum absolute atomic E-state index is 14.6. The summed E-state index contributed by atoms with van der Waals surface area (Å²) < 4.78 is 4.38. The zero-order chi connectivity index (χ0) is 28.4. The van der Waals surface area contributed by atoms with Crippen LogP contribution in [0.3, 0.4) is 0 Å². The number of esters is 1. The topological polar surface area (TPSA) is 87.1 Å². The number of hydrogen-bond acceptors (Lipinski definition) is 6. The molecule has 39 heavy (non-hydrogen) atoms. The fraction of sp³-hybridized carbons (Fsp3) is 0.581. The smallest absolute Gasteiger partial charge is 0.311 e. The third-order valence-electron chi connectivity index (χ3n) is 8.49. The summed E-state index contributed by atoms with van der Waals surface area (Å²) in [5.41, 5.74) is 0.984. The van der Waals surface area contributed by atoms with Crippen LogP contribution in [0.1, 0.15) is 52.0 Å². The molecule has 3 aliphatic rings. The highest BCUT2D eigenvalue weighted by Gasteiger charge is 2.78. The van der Waals surface area contributed by atoms with E-state index in [0.29, 0.717) is 38.8 Å². The Labute approximate surface area is 236 Å². The molecule has 3 heterocycles. The van der Waals surface area contributed by atoms with Crippen LogP contribution >= 0.6 is 11.8 Å². The molecule has 3 saturated heterocycles. The van der Waals surface area contributed by atoms with Crippen LogP contribution in [0.4, 0.5) is 0 Å². The minimum absolute atomic E-state index is 0.158. The molecule has 3 aliphatic heterocycles. The van der Waals surface area contributed by atoms with Gasteiger partial charge in [-0.15, -0.1) is 24.9 Å². The molecule has 8 heteroatoms. The molecule has 1 aromatic rings. The van der Waals surface area contributed by atoms with Gasteiger partial charge in [-0.3, -0.25) is 14.4 Å². The number of thioether (sulfide) groups is 1. The number of likely N-dealkylation sites (tertiary alicyclic amines) is 1. The van der Waals surface area contributed by atoms with Crippen molar-refractivity contribution in [3.05, 3.63) is 61.2 Å². The fourth-order valence-corrected chi connectivity index (χ4v) is 9.24. The summed E-state index contributed by atoms with van der Waals surface area (Å²) in [6.45, 7) is 14.4. The molecular formula is C31H42N2O5S. The van der Waals surface area contributed by atoms with Crippen molar-refractivity contribution in [3.63, 3.8) is 0 Å². The lowest BCUT2D eigenvalue weighted by Crippen LogP contribution is -2.57. The molecule has 0 radical (unpaired) electrons. The molecule has 1 N–H and O–H groups in total. The first-order valence-electron chi connectivity index (χ1n) is 14.0. The minimum atomic E-state index is -0.785. The maximum atomic E-state index is 14.6. The predicted molar refractivity (Wildman–Crippen MR) is 154 cm³/mol. The van der Waals surface area contributed by atoms with E-state index >= 15 is 0 Å². The Kier molecular flexibility index (Phi) is 8.96. The third kappa shape index (κ3) is 5.30. The lowest BCUT2D eigenvalue weighted by Gasteiger charge is -2.40. The summed E-state index contributed by atoms with van der Waals surface area (Å²) in [6.07, 6.45) is 5.87. The molecule has 0 aliphatic carbocycles. The number of rotatable bonds is 13. The number of carbonyl (C=O) groups excluding carboxylic acids is 3. The summed E-state index contributed by atoms with van der Waals surface area (Å²) >= 11 is 1.62. The van der Waals surface area contributed by atoms with Gasteiger partial charge in [-0.05, 0) is 44.1 Å². The van der Waals surface area contributed by atoms with Crippen LogP contribution in [-0.4, -0.2) is 74.0 Å². The molecule has 4 rings (SSSR count). The number of fused-ring (bicyclic) bond motifs is 1. The van der Waals surface area contributed by atoms with E-state index in [2.05, 4.69) is 13.2 Å². The third-order valence-corrected chi connectivity index (χ3v) is 10.5. The van der Waals surface area contributed by atoms with Gasteiger partial charge in [0.25, 0.3) is 0 Å². The van der Waals surface area contributed by atoms with Crippen molar-refractivity contribution in [1.82, 2.24) is 9.80 Å². The van der Waals surface area contributed by atoms with Crippen molar-refractivity contribution in [1.29, 1.82) is 0 Å². The van der Waals surface area contributed by atoms with Gasteiger partial charge in [0.05, 0.1) is 35.8 Å². The standard InChI is InChI=1S/C31H42N2O5S/c1-6-8-17-38-29(37)25-24-27(35)33(23(20-34)18-21(3)4)26(31(24)15-14-30(25,5)39-31)28(36)32(16-7-2)19-22-12-10-9-11-13-22/h6-7,9-13,21,23-26,34H,1-2,8,14-20H2,3-5H3/t23-,24+,25+,26?,30-,31?/m1/s1. The van der Waals surface area contributed by atoms with Gasteiger partial charge in [-0.2, -0.15) is 0 Å². The summed E-state index contributed by atoms with van der Waals surface area (Å²) in [4.78, 5) is 45.8. The number of ether oxygens (including phenoxy) is 1. The molecular weight excluding hydrogens is 512 g/mol. The average Bonchev–Trinajstić information content (AvgIpc) is 3.48. The summed E-state index contributed by atoms with van der Waals surface area (Å²) in [7, 11) is 0. The van der Waals surface area contributed by atoms with Crippen molar-refractivity contribution < 1.29 is 24.2 Å². The Morgan fingerprint density at radius 2 is 1.95 bits per heavy atom. The number of benzene rings is 1. The zero-order valence-corrected chi connectivity index (χ0v) is 24.2. The van der Waals surface area contributed by atoms with Gasteiger partial charge >= 0.3 is 5.97 Å². The zero-order valence-electron chi connectivity index (χ0n) is 23.4. The van der Waals surface area contributed by atoms with Crippen LogP contribution in [0.5, 0.6) is 0 Å². The van der Waals surface area contributed by atoms with Crippen LogP contribution in [0.2, 0.25) is 0 Å². The van der Waals surface area contributed by atoms with E-state index in [9.17, 15) is 19.5 Å². The highest BCUT2D eigenvalue weighted by Crippen LogP contribution is 2.71. The molecule has 1 spiro atoms. The van der Waals surface area contributed by atoms with Gasteiger partial charge in [0.15, 0.2) is 0 Å². The van der Waals surface area contributed by atoms with Crippen molar-refractivity contribution >= 4 is 29.5 Å². The number of amides is 2. The predicted octanol–water partition coefficient (Wildman–Crippen LogP) is 4.21. The Balaban J connectivity index is 1.77. The van der Waals surface area contributed by atoms with Crippen LogP contribution in [-0.2, 0) is 25.7 Å². The molecule has 0 aromatic heterocycles. The Hall–Kier alpha value is -2.58. The number of nitrogens with zero attached hydrogens (tertiary/aromatic N) is 2. The van der Waals surface area contributed by atoms with E-state index in [4.69, 9.17) is 4.74 Å². The molecule has 1 aromatic carbocycles. The number of carbonyl (C=O) groups is 3. The second-order valence-electron chi connectivity index (χ2n) is 11.7. The Bertz CT molecular complexity index is 1090. The van der Waals surface area contributed by atoms with Crippen LogP contribution < -0.4 is 0 Å². The Morgan fingerprint density at radius 1 is 1.23 bits per heavy atom. The maximum Gasteiger partial charge on any atom is 0.311 e. The van der Waals surface area contributed by atoms with Crippen molar-refractivity contribution in [2.45, 2.75) is 74.6 Å². The van der Waals surface area contributed by atoms with Crippen LogP contribution in [0.15, 0.2) is 55.6 Å². The van der Waals surface area contributed by atoms with Gasteiger partial charge < -0.3 is 19.6 Å². The van der Waals surface area contributed by atoms with E-state index in [1.807, 2.05) is 51.1 Å². The van der Waals surface area contributed by atoms with Crippen LogP contribution in [0.25, 0.3) is 0 Å². The lowest BCUT2D eigenvalue weighted by atomic mass is 9.66. The molecule has 3 fully saturated rings. The summed E-state index contributed by atoms with van der Waals surface area (Å²) in [5.74, 6) is -1.86. The van der Waals surface area contributed by atoms with Gasteiger partial charge in [-0.1, -0.05) is 56.3 Å². The monoisotopic (exact) mass is 554 g/mol. The molecule has 2 unspecified atom stereocenters. The quantitative estimate of drug-likeness (QED) is 0.223. The fourth-order valence-electron chi connectivity index (χ4n) is 6.91. The van der Waals surface area contributed by atoms with Gasteiger partial charge in [0.1, 0.15) is 6.04 Å². The number of aliphatic hydroxyl groups excluding tert-OH is 1. The Morgan fingerprint density at radius 3 is 2.56 bits per heavy atom. The van der Waals surface area contributed by atoms with E-state index in [0.717, 1.165) is 5.56 Å². The van der Waals surface area contributed by atoms with E-state index in [-0.39, 0.29) is 36.9 Å². The summed E-state index contributed by atoms with van der Waals surface area (Å²) in [6, 6.07) is 8.46. The van der Waals surface area contributed by atoms with Crippen LogP contribution in [0, 0.1) is 17.8 Å². The van der Waals surface area contributed by atoms with Gasteiger partial charge in [-0.25, -0.2) is 0 Å². The molecule has 2 amide bonds. The number of hydrogen-bond donors (Lipinski definition) is 1. The van der Waals surface area contributed by atoms with Gasteiger partial charge in [0, 0.05) is 17.8 Å².